The first-order chi connectivity index (χ1) is 7.51. The third-order valence-corrected chi connectivity index (χ3v) is 2.89. The number of amides is 1. The zero-order valence-electron chi connectivity index (χ0n) is 10.0. The summed E-state index contributed by atoms with van der Waals surface area (Å²) in [5, 5.41) is 2.81. The molecule has 0 bridgehead atoms. The van der Waals surface area contributed by atoms with Crippen molar-refractivity contribution in [1.29, 1.82) is 0 Å². The van der Waals surface area contributed by atoms with Gasteiger partial charge >= 0.3 is 0 Å². The van der Waals surface area contributed by atoms with E-state index in [4.69, 9.17) is 4.74 Å². The number of methoxy groups -OCH3 is 1. The molecular formula is C12H17NO2S. The molecule has 0 aromatic heterocycles. The van der Waals surface area contributed by atoms with Crippen LogP contribution >= 0.6 is 12.6 Å². The molecule has 0 spiro atoms. The van der Waals surface area contributed by atoms with E-state index in [1.807, 2.05) is 26.8 Å². The number of ether oxygens (including phenoxy) is 1. The number of benzene rings is 1. The average molecular weight is 239 g/mol. The topological polar surface area (TPSA) is 38.3 Å². The molecule has 0 radical (unpaired) electrons. The zero-order chi connectivity index (χ0) is 12.3. The maximum Gasteiger partial charge on any atom is 0.234 e. The van der Waals surface area contributed by atoms with Gasteiger partial charge in [-0.1, -0.05) is 6.07 Å². The maximum absolute atomic E-state index is 11.4. The zero-order valence-corrected chi connectivity index (χ0v) is 10.9. The van der Waals surface area contributed by atoms with Crippen LogP contribution in [-0.4, -0.2) is 18.8 Å². The maximum atomic E-state index is 11.4. The molecule has 0 unspecified atom stereocenters. The van der Waals surface area contributed by atoms with Crippen molar-refractivity contribution in [2.75, 3.05) is 18.2 Å². The summed E-state index contributed by atoms with van der Waals surface area (Å²) in [4.78, 5) is 11.4. The van der Waals surface area contributed by atoms with E-state index < -0.39 is 0 Å². The minimum absolute atomic E-state index is 0.131. The fourth-order valence-corrected chi connectivity index (χ4v) is 1.72. The number of hydrogen-bond acceptors (Lipinski definition) is 3. The Bertz CT molecular complexity index is 416. The second-order valence-corrected chi connectivity index (χ2v) is 4.07. The molecule has 0 heterocycles. The summed E-state index contributed by atoms with van der Waals surface area (Å²) in [6.07, 6.45) is 0. The summed E-state index contributed by atoms with van der Waals surface area (Å²) >= 11 is 3.94. The monoisotopic (exact) mass is 239 g/mol. The van der Waals surface area contributed by atoms with E-state index >= 15 is 0 Å². The number of rotatable bonds is 3. The van der Waals surface area contributed by atoms with Gasteiger partial charge in [0.2, 0.25) is 5.91 Å². The quantitative estimate of drug-likeness (QED) is 0.795. The molecule has 0 saturated heterocycles. The van der Waals surface area contributed by atoms with Crippen molar-refractivity contribution in [3.63, 3.8) is 0 Å². The van der Waals surface area contributed by atoms with E-state index in [-0.39, 0.29) is 11.7 Å². The number of nitrogens with one attached hydrogen (secondary N) is 1. The van der Waals surface area contributed by atoms with E-state index in [0.717, 1.165) is 28.1 Å². The SMILES string of the molecule is COc1c(C)c(C)cc(C)c1NC(=O)CS. The lowest BCUT2D eigenvalue weighted by Crippen LogP contribution is -2.15. The van der Waals surface area contributed by atoms with Crippen molar-refractivity contribution in [3.05, 3.63) is 22.8 Å². The van der Waals surface area contributed by atoms with Gasteiger partial charge in [-0.25, -0.2) is 0 Å². The summed E-state index contributed by atoms with van der Waals surface area (Å²) in [5.74, 6) is 0.760. The standard InChI is InChI=1S/C12H17NO2S/c1-7-5-8(2)11(13-10(14)6-16)12(15-4)9(7)3/h5,16H,6H2,1-4H3,(H,13,14). The van der Waals surface area contributed by atoms with Gasteiger partial charge in [0, 0.05) is 0 Å². The van der Waals surface area contributed by atoms with Gasteiger partial charge in [-0.15, -0.1) is 0 Å². The third kappa shape index (κ3) is 2.50. The molecule has 1 amide bonds. The normalized spacial score (nSPS) is 10.1. The van der Waals surface area contributed by atoms with Gasteiger partial charge in [0.25, 0.3) is 0 Å². The lowest BCUT2D eigenvalue weighted by atomic mass is 10.0. The minimum atomic E-state index is -0.131. The van der Waals surface area contributed by atoms with E-state index in [1.54, 1.807) is 7.11 Å². The van der Waals surface area contributed by atoms with Crippen LogP contribution in [0.1, 0.15) is 16.7 Å². The molecule has 16 heavy (non-hydrogen) atoms. The Morgan fingerprint density at radius 3 is 2.50 bits per heavy atom. The van der Waals surface area contributed by atoms with Crippen LogP contribution in [0, 0.1) is 20.8 Å². The van der Waals surface area contributed by atoms with Gasteiger partial charge in [-0.3, -0.25) is 4.79 Å². The van der Waals surface area contributed by atoms with Gasteiger partial charge in [0.15, 0.2) is 0 Å². The van der Waals surface area contributed by atoms with Gasteiger partial charge < -0.3 is 10.1 Å². The first-order valence-electron chi connectivity index (χ1n) is 5.06. The predicted molar refractivity (Wildman–Crippen MR) is 69.7 cm³/mol. The molecule has 3 nitrogen and oxygen atoms in total. The van der Waals surface area contributed by atoms with Crippen LogP contribution in [0.2, 0.25) is 0 Å². The largest absolute Gasteiger partial charge is 0.494 e. The number of hydrogen-bond donors (Lipinski definition) is 2. The van der Waals surface area contributed by atoms with Crippen LogP contribution in [0.15, 0.2) is 6.07 Å². The molecule has 1 aromatic carbocycles. The van der Waals surface area contributed by atoms with E-state index in [1.165, 1.54) is 0 Å². The van der Waals surface area contributed by atoms with E-state index in [2.05, 4.69) is 17.9 Å². The average Bonchev–Trinajstić information content (AvgIpc) is 2.26. The van der Waals surface area contributed by atoms with Crippen molar-refractivity contribution in [1.82, 2.24) is 0 Å². The number of anilines is 1. The second kappa shape index (κ2) is 5.25. The number of aryl methyl sites for hydroxylation is 2. The molecule has 0 atom stereocenters. The molecule has 4 heteroatoms. The summed E-state index contributed by atoms with van der Waals surface area (Å²) in [6, 6.07) is 2.03. The lowest BCUT2D eigenvalue weighted by molar-refractivity contribution is -0.113. The van der Waals surface area contributed by atoms with Gasteiger partial charge in [0.1, 0.15) is 5.75 Å². The van der Waals surface area contributed by atoms with Crippen molar-refractivity contribution in [2.45, 2.75) is 20.8 Å². The minimum Gasteiger partial charge on any atom is -0.494 e. The van der Waals surface area contributed by atoms with Crippen molar-refractivity contribution in [3.8, 4) is 5.75 Å². The highest BCUT2D eigenvalue weighted by molar-refractivity contribution is 7.81. The van der Waals surface area contributed by atoms with Crippen LogP contribution in [0.5, 0.6) is 5.75 Å². The first kappa shape index (κ1) is 12.9. The van der Waals surface area contributed by atoms with Crippen molar-refractivity contribution >= 4 is 24.2 Å². The van der Waals surface area contributed by atoms with Crippen LogP contribution in [0.4, 0.5) is 5.69 Å². The van der Waals surface area contributed by atoms with E-state index in [0.29, 0.717) is 0 Å². The van der Waals surface area contributed by atoms with Gasteiger partial charge in [-0.05, 0) is 37.5 Å². The summed E-state index contributed by atoms with van der Waals surface area (Å²) in [6.45, 7) is 5.95. The Morgan fingerprint density at radius 2 is 2.00 bits per heavy atom. The van der Waals surface area contributed by atoms with Crippen LogP contribution in [0.25, 0.3) is 0 Å². The molecule has 0 fully saturated rings. The van der Waals surface area contributed by atoms with Crippen LogP contribution in [0.3, 0.4) is 0 Å². The van der Waals surface area contributed by atoms with Crippen molar-refractivity contribution in [2.24, 2.45) is 0 Å². The lowest BCUT2D eigenvalue weighted by Gasteiger charge is -2.16. The molecule has 0 saturated carbocycles. The van der Waals surface area contributed by atoms with Crippen LogP contribution < -0.4 is 10.1 Å². The highest BCUT2D eigenvalue weighted by Gasteiger charge is 2.13. The summed E-state index contributed by atoms with van der Waals surface area (Å²) in [7, 11) is 1.61. The first-order valence-corrected chi connectivity index (χ1v) is 5.70. The van der Waals surface area contributed by atoms with Crippen LogP contribution in [-0.2, 0) is 4.79 Å². The fraction of sp³-hybridized carbons (Fsp3) is 0.417. The van der Waals surface area contributed by atoms with Gasteiger partial charge in [-0.2, -0.15) is 12.6 Å². The highest BCUT2D eigenvalue weighted by Crippen LogP contribution is 2.34. The summed E-state index contributed by atoms with van der Waals surface area (Å²) < 4.78 is 5.34. The predicted octanol–water partition coefficient (Wildman–Crippen LogP) is 2.49. The Labute approximate surface area is 102 Å². The smallest absolute Gasteiger partial charge is 0.234 e. The molecule has 0 aliphatic heterocycles. The molecule has 1 aromatic rings. The highest BCUT2D eigenvalue weighted by atomic mass is 32.1. The molecule has 1 N–H and O–H groups in total. The molecule has 0 aliphatic rings. The van der Waals surface area contributed by atoms with E-state index in [9.17, 15) is 4.79 Å². The molecule has 88 valence electrons. The molecule has 1 rings (SSSR count). The Balaban J connectivity index is 3.25. The number of carbonyl (C=O) groups is 1. The third-order valence-electron chi connectivity index (χ3n) is 2.60. The second-order valence-electron chi connectivity index (χ2n) is 3.75. The number of thiol groups is 1. The molecule has 0 aliphatic carbocycles. The Morgan fingerprint density at radius 1 is 1.38 bits per heavy atom. The molecular weight excluding hydrogens is 222 g/mol. The Hall–Kier alpha value is -1.16. The van der Waals surface area contributed by atoms with Gasteiger partial charge in [0.05, 0.1) is 18.6 Å². The Kier molecular flexibility index (Phi) is 4.24. The summed E-state index contributed by atoms with van der Waals surface area (Å²) in [5.41, 5.74) is 3.93. The number of carbonyl (C=O) groups excluding carboxylic acids is 1. The van der Waals surface area contributed by atoms with Crippen molar-refractivity contribution < 1.29 is 9.53 Å². The fourth-order valence-electron chi connectivity index (χ4n) is 1.64.